The highest BCUT2D eigenvalue weighted by molar-refractivity contribution is 7.92. The molecule has 1 N–H and O–H groups in total. The molecule has 1 fully saturated rings. The third kappa shape index (κ3) is 3.86. The van der Waals surface area contributed by atoms with Crippen LogP contribution in [-0.4, -0.2) is 37.6 Å². The molecule has 6 nitrogen and oxygen atoms in total. The van der Waals surface area contributed by atoms with Crippen LogP contribution in [0.5, 0.6) is 0 Å². The van der Waals surface area contributed by atoms with E-state index in [9.17, 15) is 12.8 Å². The number of halogens is 2. The van der Waals surface area contributed by atoms with Gasteiger partial charge in [-0.3, -0.25) is 9.98 Å². The Bertz CT molecular complexity index is 1570. The van der Waals surface area contributed by atoms with Crippen molar-refractivity contribution in [1.29, 1.82) is 0 Å². The van der Waals surface area contributed by atoms with E-state index < -0.39 is 15.1 Å². The number of benzene rings is 2. The fraction of sp³-hybridized carbons (Fsp3) is 0.231. The summed E-state index contributed by atoms with van der Waals surface area (Å²) in [5.41, 5.74) is 4.75. The van der Waals surface area contributed by atoms with E-state index in [1.807, 2.05) is 12.2 Å². The molecule has 2 aromatic carbocycles. The zero-order valence-corrected chi connectivity index (χ0v) is 20.2. The summed E-state index contributed by atoms with van der Waals surface area (Å²) >= 11 is 6.43. The van der Waals surface area contributed by atoms with Gasteiger partial charge in [0.1, 0.15) is 5.82 Å². The monoisotopic (exact) mass is 509 g/mol. The molecule has 1 aromatic heterocycles. The first-order valence-corrected chi connectivity index (χ1v) is 13.3. The largest absolute Gasteiger partial charge is 0.381 e. The smallest absolute Gasteiger partial charge is 0.182 e. The van der Waals surface area contributed by atoms with E-state index in [0.717, 1.165) is 17.0 Å². The molecule has 0 atom stereocenters. The number of hydrogen-bond acceptors (Lipinski definition) is 6. The molecule has 0 spiro atoms. The Labute approximate surface area is 207 Å². The van der Waals surface area contributed by atoms with E-state index in [-0.39, 0.29) is 15.7 Å². The Hall–Kier alpha value is -3.07. The number of nitrogens with zero attached hydrogens (tertiary/aromatic N) is 2. The highest BCUT2D eigenvalue weighted by Gasteiger charge is 2.32. The van der Waals surface area contributed by atoms with Crippen molar-refractivity contribution in [1.82, 2.24) is 4.98 Å². The Kier molecular flexibility index (Phi) is 5.47. The first-order valence-electron chi connectivity index (χ1n) is 11.4. The number of rotatable bonds is 4. The summed E-state index contributed by atoms with van der Waals surface area (Å²) < 4.78 is 46.6. The summed E-state index contributed by atoms with van der Waals surface area (Å²) in [5, 5.41) is 3.64. The molecule has 6 rings (SSSR count). The SMILES string of the molecule is O=S(=O)(c1cc2c(NC3=CCC4=Nc5cccc(F)c5C4=C3)ccnc2cc1Cl)C1CCOCC1. The maximum Gasteiger partial charge on any atom is 0.182 e. The summed E-state index contributed by atoms with van der Waals surface area (Å²) in [5.74, 6) is -0.305. The van der Waals surface area contributed by atoms with Gasteiger partial charge in [0, 0.05) is 53.7 Å². The molecule has 0 amide bonds. The van der Waals surface area contributed by atoms with Gasteiger partial charge in [0.05, 0.1) is 32.1 Å². The molecular formula is C26H21ClFN3O3S. The quantitative estimate of drug-likeness (QED) is 0.477. The van der Waals surface area contributed by atoms with Crippen LogP contribution in [-0.2, 0) is 14.6 Å². The lowest BCUT2D eigenvalue weighted by Crippen LogP contribution is -2.29. The molecule has 0 saturated carbocycles. The number of ether oxygens (including phenoxy) is 1. The van der Waals surface area contributed by atoms with Gasteiger partial charge in [-0.15, -0.1) is 0 Å². The molecule has 0 bridgehead atoms. The predicted molar refractivity (Wildman–Crippen MR) is 136 cm³/mol. The third-order valence-corrected chi connectivity index (χ3v) is 9.35. The number of sulfone groups is 1. The maximum absolute atomic E-state index is 14.5. The number of aromatic nitrogens is 1. The van der Waals surface area contributed by atoms with E-state index in [4.69, 9.17) is 16.3 Å². The number of nitrogens with one attached hydrogen (secondary N) is 1. The van der Waals surface area contributed by atoms with Crippen molar-refractivity contribution in [3.05, 3.63) is 76.8 Å². The van der Waals surface area contributed by atoms with Gasteiger partial charge in [-0.1, -0.05) is 23.7 Å². The number of hydrogen-bond donors (Lipinski definition) is 1. The van der Waals surface area contributed by atoms with E-state index in [0.29, 0.717) is 60.3 Å². The van der Waals surface area contributed by atoms with Gasteiger partial charge in [0.2, 0.25) is 0 Å². The van der Waals surface area contributed by atoms with Crippen LogP contribution in [0.2, 0.25) is 5.02 Å². The van der Waals surface area contributed by atoms with Gasteiger partial charge in [-0.25, -0.2) is 12.8 Å². The van der Waals surface area contributed by atoms with Gasteiger partial charge in [-0.05, 0) is 49.2 Å². The zero-order chi connectivity index (χ0) is 24.2. The van der Waals surface area contributed by atoms with Crippen LogP contribution in [0, 0.1) is 5.82 Å². The second-order valence-electron chi connectivity index (χ2n) is 8.75. The predicted octanol–water partition coefficient (Wildman–Crippen LogP) is 5.85. The molecule has 1 aliphatic carbocycles. The highest BCUT2D eigenvalue weighted by atomic mass is 35.5. The molecule has 35 heavy (non-hydrogen) atoms. The van der Waals surface area contributed by atoms with Crippen LogP contribution in [0.15, 0.2) is 70.3 Å². The fourth-order valence-corrected chi connectivity index (χ4v) is 7.10. The van der Waals surface area contributed by atoms with Gasteiger partial charge in [0.25, 0.3) is 0 Å². The molecule has 0 radical (unpaired) electrons. The summed E-state index contributed by atoms with van der Waals surface area (Å²) in [6, 6.07) is 9.87. The molecule has 0 unspecified atom stereocenters. The number of aliphatic imine (C=N–C) groups is 1. The van der Waals surface area contributed by atoms with Gasteiger partial charge < -0.3 is 10.1 Å². The number of anilines is 1. The molecule has 2 aliphatic heterocycles. The van der Waals surface area contributed by atoms with E-state index >= 15 is 0 Å². The zero-order valence-electron chi connectivity index (χ0n) is 18.6. The third-order valence-electron chi connectivity index (χ3n) is 6.63. The second-order valence-corrected chi connectivity index (χ2v) is 11.4. The Morgan fingerprint density at radius 3 is 2.80 bits per heavy atom. The molecule has 3 aromatic rings. The van der Waals surface area contributed by atoms with Crippen LogP contribution >= 0.6 is 11.6 Å². The normalized spacial score (nSPS) is 17.9. The Morgan fingerprint density at radius 2 is 1.97 bits per heavy atom. The molecular weight excluding hydrogens is 489 g/mol. The first-order chi connectivity index (χ1) is 16.9. The van der Waals surface area contributed by atoms with Crippen LogP contribution in [0.3, 0.4) is 0 Å². The van der Waals surface area contributed by atoms with Crippen LogP contribution in [0.25, 0.3) is 16.5 Å². The molecule has 178 valence electrons. The van der Waals surface area contributed by atoms with E-state index in [1.165, 1.54) is 6.07 Å². The minimum absolute atomic E-state index is 0.104. The molecule has 3 heterocycles. The van der Waals surface area contributed by atoms with E-state index in [2.05, 4.69) is 15.3 Å². The Balaban J connectivity index is 1.38. The van der Waals surface area contributed by atoms with Crippen molar-refractivity contribution >= 4 is 55.0 Å². The number of allylic oxidation sites excluding steroid dienone is 3. The summed E-state index contributed by atoms with van der Waals surface area (Å²) in [7, 11) is -3.64. The first kappa shape index (κ1) is 22.4. The van der Waals surface area contributed by atoms with Crippen LogP contribution in [0.1, 0.15) is 24.8 Å². The van der Waals surface area contributed by atoms with Crippen molar-refractivity contribution < 1.29 is 17.5 Å². The lowest BCUT2D eigenvalue weighted by molar-refractivity contribution is 0.0983. The average molecular weight is 510 g/mol. The summed E-state index contributed by atoms with van der Waals surface area (Å²) in [4.78, 5) is 9.04. The summed E-state index contributed by atoms with van der Waals surface area (Å²) in [6.07, 6.45) is 6.93. The average Bonchev–Trinajstić information content (AvgIpc) is 3.23. The van der Waals surface area contributed by atoms with Crippen molar-refractivity contribution in [3.8, 4) is 0 Å². The van der Waals surface area contributed by atoms with Crippen molar-refractivity contribution in [3.63, 3.8) is 0 Å². The highest BCUT2D eigenvalue weighted by Crippen LogP contribution is 2.41. The lowest BCUT2D eigenvalue weighted by Gasteiger charge is -2.23. The standard InChI is InChI=1S/C26H21ClFN3O3S/c27-19-14-24-17(13-25(19)35(32,33)16-7-10-34-11-8-16)22(6-9-29-24)30-15-4-5-21-18(12-15)26-20(28)2-1-3-23(26)31-21/h1-4,6,9,12-14,16H,5,7-8,10-11H2,(H,29,30). The number of fused-ring (bicyclic) bond motifs is 4. The molecule has 3 aliphatic rings. The topological polar surface area (TPSA) is 80.7 Å². The van der Waals surface area contributed by atoms with Crippen LogP contribution < -0.4 is 5.32 Å². The Morgan fingerprint density at radius 1 is 1.14 bits per heavy atom. The van der Waals surface area contributed by atoms with Crippen molar-refractivity contribution in [2.45, 2.75) is 29.4 Å². The second kappa shape index (κ2) is 8.55. The van der Waals surface area contributed by atoms with Gasteiger partial charge in [-0.2, -0.15) is 0 Å². The van der Waals surface area contributed by atoms with Crippen molar-refractivity contribution in [2.75, 3.05) is 18.5 Å². The van der Waals surface area contributed by atoms with Crippen LogP contribution in [0.4, 0.5) is 15.8 Å². The van der Waals surface area contributed by atoms with E-state index in [1.54, 1.807) is 36.5 Å². The molecule has 1 saturated heterocycles. The lowest BCUT2D eigenvalue weighted by atomic mass is 9.95. The number of pyridine rings is 1. The maximum atomic E-state index is 14.5. The minimum Gasteiger partial charge on any atom is -0.381 e. The fourth-order valence-electron chi connectivity index (χ4n) is 4.84. The van der Waals surface area contributed by atoms with Crippen molar-refractivity contribution in [2.24, 2.45) is 4.99 Å². The van der Waals surface area contributed by atoms with Gasteiger partial charge in [0.15, 0.2) is 9.84 Å². The minimum atomic E-state index is -3.64. The molecule has 9 heteroatoms. The van der Waals surface area contributed by atoms with Gasteiger partial charge >= 0.3 is 0 Å². The summed E-state index contributed by atoms with van der Waals surface area (Å²) in [6.45, 7) is 0.836.